The molecule has 0 spiro atoms. The van der Waals surface area contributed by atoms with Crippen LogP contribution in [-0.2, 0) is 14.2 Å². The van der Waals surface area contributed by atoms with Gasteiger partial charge in [0.1, 0.15) is 11.9 Å². The highest BCUT2D eigenvalue weighted by atomic mass is 16.5. The Morgan fingerprint density at radius 2 is 1.81 bits per heavy atom. The van der Waals surface area contributed by atoms with Crippen LogP contribution < -0.4 is 15.5 Å². The SMILES string of the molecule is CCNC(=O)Nc1ccc(-c2nc(N3CC4CCC(C3)O4)c3cnn(C(COC)COC)c3n2)cc1. The number of anilines is 2. The van der Waals surface area contributed by atoms with Crippen LogP contribution in [0.2, 0.25) is 0 Å². The van der Waals surface area contributed by atoms with Gasteiger partial charge in [-0.3, -0.25) is 0 Å². The van der Waals surface area contributed by atoms with Gasteiger partial charge in [-0.2, -0.15) is 5.10 Å². The van der Waals surface area contributed by atoms with Crippen molar-refractivity contribution in [2.24, 2.45) is 0 Å². The largest absolute Gasteiger partial charge is 0.382 e. The molecule has 2 amide bonds. The summed E-state index contributed by atoms with van der Waals surface area (Å²) in [4.78, 5) is 24.1. The van der Waals surface area contributed by atoms with Crippen LogP contribution in [0.5, 0.6) is 0 Å². The number of morpholine rings is 1. The van der Waals surface area contributed by atoms with Crippen LogP contribution in [0.1, 0.15) is 25.8 Å². The van der Waals surface area contributed by atoms with Crippen LogP contribution in [0.4, 0.5) is 16.3 Å². The molecule has 4 heterocycles. The molecule has 1 aromatic carbocycles. The normalized spacial score (nSPS) is 19.3. The second-order valence-corrected chi connectivity index (χ2v) is 9.19. The topological polar surface area (TPSA) is 116 Å². The molecule has 2 aliphatic heterocycles. The lowest BCUT2D eigenvalue weighted by atomic mass is 10.2. The first-order chi connectivity index (χ1) is 17.6. The molecule has 2 atom stereocenters. The highest BCUT2D eigenvalue weighted by Crippen LogP contribution is 2.34. The van der Waals surface area contributed by atoms with Crippen LogP contribution in [0.3, 0.4) is 0 Å². The van der Waals surface area contributed by atoms with E-state index in [0.29, 0.717) is 31.3 Å². The van der Waals surface area contributed by atoms with Crippen molar-refractivity contribution in [3.63, 3.8) is 0 Å². The number of ether oxygens (including phenoxy) is 3. The molecule has 3 aromatic rings. The fraction of sp³-hybridized carbons (Fsp3) is 0.520. The number of nitrogens with one attached hydrogen (secondary N) is 2. The highest BCUT2D eigenvalue weighted by Gasteiger charge is 2.35. The quantitative estimate of drug-likeness (QED) is 0.466. The Morgan fingerprint density at radius 3 is 2.44 bits per heavy atom. The molecule has 2 unspecified atom stereocenters. The summed E-state index contributed by atoms with van der Waals surface area (Å²) >= 11 is 0. The summed E-state index contributed by atoms with van der Waals surface area (Å²) in [5, 5.41) is 11.1. The van der Waals surface area contributed by atoms with E-state index < -0.39 is 0 Å². The van der Waals surface area contributed by atoms with Crippen molar-refractivity contribution in [1.82, 2.24) is 25.1 Å². The second kappa shape index (κ2) is 10.8. The van der Waals surface area contributed by atoms with Crippen molar-refractivity contribution in [3.8, 4) is 11.4 Å². The summed E-state index contributed by atoms with van der Waals surface area (Å²) in [6.07, 6.45) is 4.43. The first-order valence-corrected chi connectivity index (χ1v) is 12.4. The van der Waals surface area contributed by atoms with Gasteiger partial charge in [-0.05, 0) is 44.0 Å². The maximum absolute atomic E-state index is 11.9. The summed E-state index contributed by atoms with van der Waals surface area (Å²) in [5.41, 5.74) is 2.28. The van der Waals surface area contributed by atoms with Gasteiger partial charge in [0.25, 0.3) is 0 Å². The van der Waals surface area contributed by atoms with Crippen molar-refractivity contribution < 1.29 is 19.0 Å². The van der Waals surface area contributed by atoms with Gasteiger partial charge < -0.3 is 29.7 Å². The fourth-order valence-corrected chi connectivity index (χ4v) is 4.95. The monoisotopic (exact) mass is 495 g/mol. The molecular formula is C25H33N7O4. The molecule has 0 saturated carbocycles. The molecule has 192 valence electrons. The molecule has 2 saturated heterocycles. The Kier molecular flexibility index (Phi) is 7.30. The second-order valence-electron chi connectivity index (χ2n) is 9.19. The number of nitrogens with zero attached hydrogens (tertiary/aromatic N) is 5. The van der Waals surface area contributed by atoms with Crippen molar-refractivity contribution in [3.05, 3.63) is 30.5 Å². The van der Waals surface area contributed by atoms with E-state index in [0.717, 1.165) is 48.3 Å². The third kappa shape index (κ3) is 4.99. The predicted molar refractivity (Wildman–Crippen MR) is 136 cm³/mol. The van der Waals surface area contributed by atoms with Gasteiger partial charge >= 0.3 is 6.03 Å². The highest BCUT2D eigenvalue weighted by molar-refractivity contribution is 5.90. The van der Waals surface area contributed by atoms with Gasteiger partial charge in [-0.15, -0.1) is 0 Å². The molecule has 0 aliphatic carbocycles. The molecule has 2 fully saturated rings. The van der Waals surface area contributed by atoms with Crippen molar-refractivity contribution in [2.45, 2.75) is 38.0 Å². The predicted octanol–water partition coefficient (Wildman–Crippen LogP) is 2.84. The van der Waals surface area contributed by atoms with Crippen LogP contribution >= 0.6 is 0 Å². The van der Waals surface area contributed by atoms with Gasteiger partial charge in [0.2, 0.25) is 0 Å². The lowest BCUT2D eigenvalue weighted by molar-refractivity contribution is 0.0303. The molecule has 2 aromatic heterocycles. The molecule has 0 radical (unpaired) electrons. The van der Waals surface area contributed by atoms with Gasteiger partial charge in [-0.1, -0.05) is 0 Å². The van der Waals surface area contributed by atoms with Crippen molar-refractivity contribution in [1.29, 1.82) is 0 Å². The molecule has 36 heavy (non-hydrogen) atoms. The van der Waals surface area contributed by atoms with E-state index in [-0.39, 0.29) is 24.3 Å². The minimum Gasteiger partial charge on any atom is -0.382 e. The molecule has 2 aliphatic rings. The molecule has 5 rings (SSSR count). The average molecular weight is 496 g/mol. The molecule has 11 heteroatoms. The van der Waals surface area contributed by atoms with Crippen LogP contribution in [0, 0.1) is 0 Å². The van der Waals surface area contributed by atoms with E-state index in [1.54, 1.807) is 14.2 Å². The van der Waals surface area contributed by atoms with Crippen LogP contribution in [0.15, 0.2) is 30.5 Å². The first-order valence-electron chi connectivity index (χ1n) is 12.4. The van der Waals surface area contributed by atoms with Crippen molar-refractivity contribution in [2.75, 3.05) is 57.3 Å². The van der Waals surface area contributed by atoms with Crippen LogP contribution in [-0.4, -0.2) is 85.1 Å². The number of amides is 2. The number of methoxy groups -OCH3 is 2. The Bertz CT molecular complexity index is 1180. The summed E-state index contributed by atoms with van der Waals surface area (Å²) in [6.45, 7) is 4.92. The summed E-state index contributed by atoms with van der Waals surface area (Å²) in [7, 11) is 3.33. The number of hydrogen-bond donors (Lipinski definition) is 2. The number of carbonyl (C=O) groups is 1. The smallest absolute Gasteiger partial charge is 0.319 e. The Hall–Kier alpha value is -3.28. The van der Waals surface area contributed by atoms with Crippen LogP contribution in [0.25, 0.3) is 22.4 Å². The third-order valence-electron chi connectivity index (χ3n) is 6.58. The molecule has 2 bridgehead atoms. The van der Waals surface area contributed by atoms with E-state index in [1.165, 1.54) is 0 Å². The van der Waals surface area contributed by atoms with Gasteiger partial charge in [0.15, 0.2) is 11.5 Å². The minimum atomic E-state index is -0.238. The summed E-state index contributed by atoms with van der Waals surface area (Å²) in [5.74, 6) is 1.45. The summed E-state index contributed by atoms with van der Waals surface area (Å²) < 4.78 is 18.8. The van der Waals surface area contributed by atoms with Gasteiger partial charge in [-0.25, -0.2) is 19.4 Å². The Labute approximate surface area is 210 Å². The number of hydrogen-bond acceptors (Lipinski definition) is 8. The average Bonchev–Trinajstić information content (AvgIpc) is 3.46. The standard InChI is InChI=1S/C25H33N7O4/c1-4-26-25(33)28-17-7-5-16(6-8-17)22-29-23(31-12-19-9-10-20(13-31)36-19)21-11-27-32(24(21)30-22)18(14-34-2)15-35-3/h5-8,11,18-20H,4,9-10,12-15H2,1-3H3,(H2,26,28,33). The zero-order valence-corrected chi connectivity index (χ0v) is 20.9. The molecule has 2 N–H and O–H groups in total. The zero-order valence-electron chi connectivity index (χ0n) is 20.9. The first kappa shape index (κ1) is 24.4. The molecular weight excluding hydrogens is 462 g/mol. The number of aromatic nitrogens is 4. The van der Waals surface area contributed by atoms with E-state index >= 15 is 0 Å². The lowest BCUT2D eigenvalue weighted by Crippen LogP contribution is -2.43. The number of rotatable bonds is 9. The molecule has 11 nitrogen and oxygen atoms in total. The van der Waals surface area contributed by atoms with E-state index in [4.69, 9.17) is 24.2 Å². The maximum Gasteiger partial charge on any atom is 0.319 e. The lowest BCUT2D eigenvalue weighted by Gasteiger charge is -2.33. The minimum absolute atomic E-state index is 0.127. The van der Waals surface area contributed by atoms with Gasteiger partial charge in [0.05, 0.1) is 37.0 Å². The van der Waals surface area contributed by atoms with E-state index in [9.17, 15) is 4.79 Å². The number of benzene rings is 1. The fourth-order valence-electron chi connectivity index (χ4n) is 4.95. The number of carbonyl (C=O) groups excluding carboxylic acids is 1. The van der Waals surface area contributed by atoms with E-state index in [2.05, 4.69) is 20.6 Å². The van der Waals surface area contributed by atoms with E-state index in [1.807, 2.05) is 42.1 Å². The third-order valence-corrected chi connectivity index (χ3v) is 6.58. The zero-order chi connectivity index (χ0) is 25.1. The Balaban J connectivity index is 1.55. The summed E-state index contributed by atoms with van der Waals surface area (Å²) in [6, 6.07) is 7.16. The Morgan fingerprint density at radius 1 is 1.11 bits per heavy atom. The van der Waals surface area contributed by atoms with Gasteiger partial charge in [0, 0.05) is 45.1 Å². The number of fused-ring (bicyclic) bond motifs is 3. The maximum atomic E-state index is 11.9. The number of urea groups is 1. The van der Waals surface area contributed by atoms with Crippen molar-refractivity contribution >= 4 is 28.6 Å².